The number of benzene rings is 2. The minimum Gasteiger partial charge on any atom is -0.295 e. The lowest BCUT2D eigenvalue weighted by atomic mass is 9.91. The van der Waals surface area contributed by atoms with Crippen molar-refractivity contribution in [3.8, 4) is 0 Å². The van der Waals surface area contributed by atoms with Crippen molar-refractivity contribution < 1.29 is 9.18 Å². The highest BCUT2D eigenvalue weighted by Gasteiger charge is 2.07. The SMILES string of the molecule is CC(=O)c1ccc(F)cc1.CCCC(CCC)c1ccccc1. The number of hydrogen-bond donors (Lipinski definition) is 0. The fourth-order valence-corrected chi connectivity index (χ4v) is 2.58. The number of carbonyl (C=O) groups is 1. The lowest BCUT2D eigenvalue weighted by Crippen LogP contribution is -1.97. The van der Waals surface area contributed by atoms with E-state index in [0.29, 0.717) is 5.56 Å². The predicted molar refractivity (Wildman–Crippen MR) is 95.4 cm³/mol. The van der Waals surface area contributed by atoms with Gasteiger partial charge in [0.25, 0.3) is 0 Å². The summed E-state index contributed by atoms with van der Waals surface area (Å²) in [6.45, 7) is 5.99. The van der Waals surface area contributed by atoms with E-state index in [-0.39, 0.29) is 11.6 Å². The van der Waals surface area contributed by atoms with Gasteiger partial charge >= 0.3 is 0 Å². The highest BCUT2D eigenvalue weighted by atomic mass is 19.1. The van der Waals surface area contributed by atoms with Gasteiger partial charge in [0.1, 0.15) is 5.82 Å². The van der Waals surface area contributed by atoms with Crippen molar-refractivity contribution >= 4 is 5.78 Å². The molecule has 124 valence electrons. The quantitative estimate of drug-likeness (QED) is 0.564. The van der Waals surface area contributed by atoms with Crippen molar-refractivity contribution in [2.24, 2.45) is 0 Å². The molecule has 0 radical (unpaired) electrons. The van der Waals surface area contributed by atoms with Crippen molar-refractivity contribution in [2.75, 3.05) is 0 Å². The second-order valence-electron chi connectivity index (χ2n) is 5.75. The smallest absolute Gasteiger partial charge is 0.159 e. The Labute approximate surface area is 139 Å². The third kappa shape index (κ3) is 7.23. The van der Waals surface area contributed by atoms with Crippen molar-refractivity contribution in [1.29, 1.82) is 0 Å². The maximum atomic E-state index is 12.2. The summed E-state index contributed by atoms with van der Waals surface area (Å²) in [5.41, 5.74) is 2.06. The van der Waals surface area contributed by atoms with Gasteiger partial charge in [-0.15, -0.1) is 0 Å². The van der Waals surface area contributed by atoms with Crippen LogP contribution in [0.2, 0.25) is 0 Å². The number of halogens is 1. The molecule has 0 N–H and O–H groups in total. The van der Waals surface area contributed by atoms with Crippen LogP contribution in [0.1, 0.15) is 68.3 Å². The van der Waals surface area contributed by atoms with E-state index in [4.69, 9.17) is 0 Å². The average molecular weight is 314 g/mol. The molecule has 0 atom stereocenters. The van der Waals surface area contributed by atoms with E-state index in [1.807, 2.05) is 0 Å². The standard InChI is InChI=1S/C13H20.C8H7FO/c1-3-8-12(9-4-2)13-10-6-5-7-11-13;1-6(10)7-2-4-8(9)5-3-7/h5-7,10-12H,3-4,8-9H2,1-2H3;2-5H,1H3. The molecule has 0 aromatic heterocycles. The first-order valence-corrected chi connectivity index (χ1v) is 8.39. The van der Waals surface area contributed by atoms with Crippen molar-refractivity contribution in [3.63, 3.8) is 0 Å². The van der Waals surface area contributed by atoms with E-state index in [1.165, 1.54) is 62.4 Å². The summed E-state index contributed by atoms with van der Waals surface area (Å²) in [6.07, 6.45) is 5.24. The summed E-state index contributed by atoms with van der Waals surface area (Å²) in [4.78, 5) is 10.6. The summed E-state index contributed by atoms with van der Waals surface area (Å²) in [7, 11) is 0. The Morgan fingerprint density at radius 1 is 0.913 bits per heavy atom. The second-order valence-corrected chi connectivity index (χ2v) is 5.75. The second kappa shape index (κ2) is 10.7. The molecule has 0 unspecified atom stereocenters. The molecule has 0 spiro atoms. The number of carbonyl (C=O) groups excluding carboxylic acids is 1. The van der Waals surface area contributed by atoms with Gasteiger partial charge in [-0.1, -0.05) is 57.0 Å². The highest BCUT2D eigenvalue weighted by molar-refractivity contribution is 5.93. The average Bonchev–Trinajstić information content (AvgIpc) is 2.56. The van der Waals surface area contributed by atoms with Crippen LogP contribution in [0, 0.1) is 5.82 Å². The largest absolute Gasteiger partial charge is 0.295 e. The van der Waals surface area contributed by atoms with Crippen LogP contribution in [0.15, 0.2) is 54.6 Å². The molecule has 1 nitrogen and oxygen atoms in total. The molecule has 23 heavy (non-hydrogen) atoms. The summed E-state index contributed by atoms with van der Waals surface area (Å²) in [6, 6.07) is 16.4. The first-order valence-electron chi connectivity index (χ1n) is 8.39. The van der Waals surface area contributed by atoms with Gasteiger partial charge in [-0.05, 0) is 55.5 Å². The van der Waals surface area contributed by atoms with Crippen LogP contribution in [0.3, 0.4) is 0 Å². The van der Waals surface area contributed by atoms with Gasteiger partial charge < -0.3 is 0 Å². The molecule has 0 aliphatic rings. The van der Waals surface area contributed by atoms with E-state index in [1.54, 1.807) is 0 Å². The Balaban J connectivity index is 0.000000238. The van der Waals surface area contributed by atoms with Crippen molar-refractivity contribution in [2.45, 2.75) is 52.4 Å². The molecule has 2 heteroatoms. The van der Waals surface area contributed by atoms with Crippen LogP contribution < -0.4 is 0 Å². The Morgan fingerprint density at radius 3 is 1.87 bits per heavy atom. The zero-order chi connectivity index (χ0) is 17.1. The van der Waals surface area contributed by atoms with E-state index < -0.39 is 0 Å². The van der Waals surface area contributed by atoms with E-state index >= 15 is 0 Å². The molecule has 0 fully saturated rings. The minimum atomic E-state index is -0.315. The maximum Gasteiger partial charge on any atom is 0.159 e. The lowest BCUT2D eigenvalue weighted by Gasteiger charge is -2.15. The Bertz CT molecular complexity index is 554. The molecule has 0 aliphatic carbocycles. The van der Waals surface area contributed by atoms with Crippen LogP contribution >= 0.6 is 0 Å². The predicted octanol–water partition coefficient (Wildman–Crippen LogP) is 6.40. The van der Waals surface area contributed by atoms with E-state index in [2.05, 4.69) is 44.2 Å². The third-order valence-electron chi connectivity index (χ3n) is 3.80. The number of Topliss-reactive ketones (excluding diaryl/α,β-unsaturated/α-hetero) is 1. The van der Waals surface area contributed by atoms with Gasteiger partial charge in [0, 0.05) is 5.56 Å². The molecule has 0 heterocycles. The fraction of sp³-hybridized carbons (Fsp3) is 0.381. The fourth-order valence-electron chi connectivity index (χ4n) is 2.58. The van der Waals surface area contributed by atoms with Crippen LogP contribution in [-0.2, 0) is 0 Å². The molecule has 2 aromatic carbocycles. The lowest BCUT2D eigenvalue weighted by molar-refractivity contribution is 0.101. The highest BCUT2D eigenvalue weighted by Crippen LogP contribution is 2.25. The monoisotopic (exact) mass is 314 g/mol. The Hall–Kier alpha value is -1.96. The van der Waals surface area contributed by atoms with Gasteiger partial charge in [-0.25, -0.2) is 4.39 Å². The Kier molecular flexibility index (Phi) is 8.89. The molecule has 0 saturated heterocycles. The van der Waals surface area contributed by atoms with Gasteiger partial charge in [-0.3, -0.25) is 4.79 Å². The Morgan fingerprint density at radius 2 is 1.43 bits per heavy atom. The zero-order valence-electron chi connectivity index (χ0n) is 14.4. The summed E-state index contributed by atoms with van der Waals surface area (Å²) in [5, 5.41) is 0. The number of ketones is 1. The third-order valence-corrected chi connectivity index (χ3v) is 3.80. The van der Waals surface area contributed by atoms with Gasteiger partial charge in [-0.2, -0.15) is 0 Å². The molecule has 0 saturated carbocycles. The van der Waals surface area contributed by atoms with Crippen molar-refractivity contribution in [3.05, 3.63) is 71.5 Å². The van der Waals surface area contributed by atoms with E-state index in [9.17, 15) is 9.18 Å². The molecule has 2 aromatic rings. The van der Waals surface area contributed by atoms with Gasteiger partial charge in [0.05, 0.1) is 0 Å². The molecule has 0 aliphatic heterocycles. The summed E-state index contributed by atoms with van der Waals surface area (Å²) in [5.74, 6) is 0.432. The molecular formula is C21H27FO. The first-order chi connectivity index (χ1) is 11.1. The van der Waals surface area contributed by atoms with E-state index in [0.717, 1.165) is 5.92 Å². The number of hydrogen-bond acceptors (Lipinski definition) is 1. The van der Waals surface area contributed by atoms with Crippen LogP contribution in [-0.4, -0.2) is 5.78 Å². The molecule has 0 bridgehead atoms. The number of rotatable bonds is 6. The van der Waals surface area contributed by atoms with Crippen LogP contribution in [0.25, 0.3) is 0 Å². The first kappa shape index (κ1) is 19.1. The zero-order valence-corrected chi connectivity index (χ0v) is 14.4. The molecule has 0 amide bonds. The topological polar surface area (TPSA) is 17.1 Å². The summed E-state index contributed by atoms with van der Waals surface area (Å²) < 4.78 is 12.2. The summed E-state index contributed by atoms with van der Waals surface area (Å²) >= 11 is 0. The van der Waals surface area contributed by atoms with Crippen LogP contribution in [0.4, 0.5) is 4.39 Å². The minimum absolute atomic E-state index is 0.0417. The van der Waals surface area contributed by atoms with Gasteiger partial charge in [0.15, 0.2) is 5.78 Å². The normalized spacial score (nSPS) is 10.1. The van der Waals surface area contributed by atoms with Crippen molar-refractivity contribution in [1.82, 2.24) is 0 Å². The maximum absolute atomic E-state index is 12.2. The van der Waals surface area contributed by atoms with Gasteiger partial charge in [0.2, 0.25) is 0 Å². The molecule has 2 rings (SSSR count). The molecular weight excluding hydrogens is 287 g/mol. The van der Waals surface area contributed by atoms with Crippen LogP contribution in [0.5, 0.6) is 0 Å².